The molecule has 1 atom stereocenters. The number of aliphatic imine (C=N–C) groups is 1. The molecule has 0 amide bonds. The van der Waals surface area contributed by atoms with Crippen molar-refractivity contribution in [3.8, 4) is 0 Å². The van der Waals surface area contributed by atoms with E-state index in [0.717, 1.165) is 6.42 Å². The van der Waals surface area contributed by atoms with Gasteiger partial charge in [-0.25, -0.2) is 0 Å². The largest absolute Gasteiger partial charge is 0.481 e. The molecule has 4 heteroatoms. The summed E-state index contributed by atoms with van der Waals surface area (Å²) in [6.45, 7) is 4.83. The van der Waals surface area contributed by atoms with Gasteiger partial charge in [0, 0.05) is 0 Å². The molecule has 1 rings (SSSR count). The van der Waals surface area contributed by atoms with Crippen molar-refractivity contribution < 1.29 is 14.6 Å². The third-order valence-corrected chi connectivity index (χ3v) is 1.81. The minimum atomic E-state index is -0.885. The van der Waals surface area contributed by atoms with Gasteiger partial charge in [-0.2, -0.15) is 0 Å². The molecule has 1 heterocycles. The molecule has 0 saturated heterocycles. The molecule has 0 saturated carbocycles. The molecule has 0 aromatic heterocycles. The Morgan fingerprint density at radius 3 is 3.00 bits per heavy atom. The van der Waals surface area contributed by atoms with Crippen molar-refractivity contribution in [2.75, 3.05) is 6.54 Å². The third kappa shape index (κ3) is 3.44. The van der Waals surface area contributed by atoms with Crippen LogP contribution in [0.4, 0.5) is 0 Å². The summed E-state index contributed by atoms with van der Waals surface area (Å²) in [5.74, 6) is 0.0477. The quantitative estimate of drug-likeness (QED) is 0.718. The van der Waals surface area contributed by atoms with E-state index in [2.05, 4.69) is 18.8 Å². The van der Waals surface area contributed by atoms with Crippen LogP contribution in [-0.2, 0) is 9.53 Å². The van der Waals surface area contributed by atoms with Crippen molar-refractivity contribution in [1.82, 2.24) is 0 Å². The Bertz CT molecular complexity index is 223. The zero-order valence-corrected chi connectivity index (χ0v) is 7.99. The molecule has 0 aromatic carbocycles. The maximum absolute atomic E-state index is 10.3. The molecular formula is C9H15NO3. The SMILES string of the molecule is CC(C)CC1CN=C(CC(=O)O)O1. The van der Waals surface area contributed by atoms with E-state index in [9.17, 15) is 4.79 Å². The van der Waals surface area contributed by atoms with Crippen LogP contribution in [0.2, 0.25) is 0 Å². The number of nitrogens with zero attached hydrogens (tertiary/aromatic N) is 1. The summed E-state index contributed by atoms with van der Waals surface area (Å²) in [6.07, 6.45) is 0.940. The number of rotatable bonds is 4. The molecule has 0 aromatic rings. The predicted octanol–water partition coefficient (Wildman–Crippen LogP) is 1.30. The molecule has 0 fully saturated rings. The van der Waals surface area contributed by atoms with E-state index in [-0.39, 0.29) is 12.5 Å². The Kier molecular flexibility index (Phi) is 3.28. The van der Waals surface area contributed by atoms with Crippen LogP contribution in [0.3, 0.4) is 0 Å². The van der Waals surface area contributed by atoms with Crippen LogP contribution in [0.15, 0.2) is 4.99 Å². The fraction of sp³-hybridized carbons (Fsp3) is 0.778. The van der Waals surface area contributed by atoms with Gasteiger partial charge in [0.05, 0.1) is 6.54 Å². The standard InChI is InChI=1S/C9H15NO3/c1-6(2)3-7-5-10-8(13-7)4-9(11)12/h6-7H,3-5H2,1-2H3,(H,11,12). The van der Waals surface area contributed by atoms with Gasteiger partial charge in [0.15, 0.2) is 5.90 Å². The lowest BCUT2D eigenvalue weighted by molar-refractivity contribution is -0.135. The summed E-state index contributed by atoms with van der Waals surface area (Å²) in [6, 6.07) is 0. The first-order chi connectivity index (χ1) is 6.08. The molecule has 0 radical (unpaired) electrons. The minimum absolute atomic E-state index is 0.0887. The van der Waals surface area contributed by atoms with Crippen LogP contribution < -0.4 is 0 Å². The van der Waals surface area contributed by atoms with E-state index in [1.807, 2.05) is 0 Å². The van der Waals surface area contributed by atoms with Crippen molar-refractivity contribution in [1.29, 1.82) is 0 Å². The molecule has 0 spiro atoms. The highest BCUT2D eigenvalue weighted by Gasteiger charge is 2.21. The summed E-state index contributed by atoms with van der Waals surface area (Å²) in [5.41, 5.74) is 0. The maximum atomic E-state index is 10.3. The Hall–Kier alpha value is -1.06. The molecule has 0 aliphatic carbocycles. The van der Waals surface area contributed by atoms with Crippen molar-refractivity contribution >= 4 is 11.9 Å². The van der Waals surface area contributed by atoms with E-state index < -0.39 is 5.97 Å². The van der Waals surface area contributed by atoms with Gasteiger partial charge in [-0.05, 0) is 12.3 Å². The summed E-state index contributed by atoms with van der Waals surface area (Å²) in [7, 11) is 0. The van der Waals surface area contributed by atoms with Crippen LogP contribution in [0.1, 0.15) is 26.7 Å². The molecule has 4 nitrogen and oxygen atoms in total. The number of carboxylic acid groups (broad SMARTS) is 1. The second-order valence-electron chi connectivity index (χ2n) is 3.67. The number of aliphatic carboxylic acids is 1. The average molecular weight is 185 g/mol. The number of hydrogen-bond acceptors (Lipinski definition) is 3. The van der Waals surface area contributed by atoms with E-state index in [1.165, 1.54) is 0 Å². The van der Waals surface area contributed by atoms with Gasteiger partial charge in [-0.3, -0.25) is 9.79 Å². The summed E-state index contributed by atoms with van der Waals surface area (Å²) in [5, 5.41) is 8.48. The van der Waals surface area contributed by atoms with Gasteiger partial charge in [0.2, 0.25) is 0 Å². The fourth-order valence-corrected chi connectivity index (χ4v) is 1.35. The second kappa shape index (κ2) is 4.25. The van der Waals surface area contributed by atoms with Crippen LogP contribution in [-0.4, -0.2) is 29.6 Å². The molecule has 1 aliphatic rings. The number of hydrogen-bond donors (Lipinski definition) is 1. The lowest BCUT2D eigenvalue weighted by atomic mass is 10.1. The summed E-state index contributed by atoms with van der Waals surface area (Å²) in [4.78, 5) is 14.3. The maximum Gasteiger partial charge on any atom is 0.312 e. The predicted molar refractivity (Wildman–Crippen MR) is 48.9 cm³/mol. The minimum Gasteiger partial charge on any atom is -0.481 e. The Morgan fingerprint density at radius 2 is 2.46 bits per heavy atom. The first-order valence-corrected chi connectivity index (χ1v) is 4.49. The second-order valence-corrected chi connectivity index (χ2v) is 3.67. The topological polar surface area (TPSA) is 58.9 Å². The smallest absolute Gasteiger partial charge is 0.312 e. The molecule has 0 bridgehead atoms. The van der Waals surface area contributed by atoms with Crippen LogP contribution in [0, 0.1) is 5.92 Å². The normalized spacial score (nSPS) is 21.5. The van der Waals surface area contributed by atoms with Crippen molar-refractivity contribution in [3.63, 3.8) is 0 Å². The lowest BCUT2D eigenvalue weighted by Crippen LogP contribution is -2.16. The van der Waals surface area contributed by atoms with E-state index >= 15 is 0 Å². The highest BCUT2D eigenvalue weighted by Crippen LogP contribution is 2.15. The average Bonchev–Trinajstić information content (AvgIpc) is 2.33. The van der Waals surface area contributed by atoms with E-state index in [0.29, 0.717) is 18.4 Å². The summed E-state index contributed by atoms with van der Waals surface area (Å²) >= 11 is 0. The first kappa shape index (κ1) is 10.0. The van der Waals surface area contributed by atoms with Crippen LogP contribution >= 0.6 is 0 Å². The zero-order chi connectivity index (χ0) is 9.84. The Labute approximate surface area is 77.6 Å². The van der Waals surface area contributed by atoms with Crippen LogP contribution in [0.25, 0.3) is 0 Å². The molecular weight excluding hydrogens is 170 g/mol. The molecule has 74 valence electrons. The van der Waals surface area contributed by atoms with Gasteiger partial charge in [-0.15, -0.1) is 0 Å². The van der Waals surface area contributed by atoms with Gasteiger partial charge >= 0.3 is 5.97 Å². The van der Waals surface area contributed by atoms with E-state index in [4.69, 9.17) is 9.84 Å². The summed E-state index contributed by atoms with van der Waals surface area (Å²) < 4.78 is 5.35. The van der Waals surface area contributed by atoms with Crippen molar-refractivity contribution in [2.45, 2.75) is 32.8 Å². The number of ether oxygens (including phenoxy) is 1. The van der Waals surface area contributed by atoms with Crippen molar-refractivity contribution in [2.24, 2.45) is 10.9 Å². The Balaban J connectivity index is 2.29. The monoisotopic (exact) mass is 185 g/mol. The van der Waals surface area contributed by atoms with Gasteiger partial charge in [-0.1, -0.05) is 13.8 Å². The zero-order valence-electron chi connectivity index (χ0n) is 7.99. The molecule has 1 aliphatic heterocycles. The third-order valence-electron chi connectivity index (χ3n) is 1.81. The van der Waals surface area contributed by atoms with Gasteiger partial charge < -0.3 is 9.84 Å². The molecule has 1 N–H and O–H groups in total. The van der Waals surface area contributed by atoms with Gasteiger partial charge in [0.25, 0.3) is 0 Å². The Morgan fingerprint density at radius 1 is 1.77 bits per heavy atom. The lowest BCUT2D eigenvalue weighted by Gasteiger charge is -2.12. The molecule has 1 unspecified atom stereocenters. The highest BCUT2D eigenvalue weighted by atomic mass is 16.5. The molecule has 13 heavy (non-hydrogen) atoms. The van der Waals surface area contributed by atoms with E-state index in [1.54, 1.807) is 0 Å². The van der Waals surface area contributed by atoms with Crippen LogP contribution in [0.5, 0.6) is 0 Å². The number of carboxylic acids is 1. The van der Waals surface area contributed by atoms with Crippen molar-refractivity contribution in [3.05, 3.63) is 0 Å². The van der Waals surface area contributed by atoms with Gasteiger partial charge in [0.1, 0.15) is 12.5 Å². The highest BCUT2D eigenvalue weighted by molar-refractivity contribution is 5.94. The number of carbonyl (C=O) groups is 1. The fourth-order valence-electron chi connectivity index (χ4n) is 1.35. The first-order valence-electron chi connectivity index (χ1n) is 4.49.